The van der Waals surface area contributed by atoms with E-state index in [0.29, 0.717) is 24.0 Å². The van der Waals surface area contributed by atoms with Crippen molar-refractivity contribution in [2.24, 2.45) is 5.73 Å². The van der Waals surface area contributed by atoms with Gasteiger partial charge in [0.05, 0.1) is 23.8 Å². The predicted octanol–water partition coefficient (Wildman–Crippen LogP) is 0.898. The zero-order valence-corrected chi connectivity index (χ0v) is 16.8. The number of hydroxylamine groups is 1. The number of aliphatic hydroxyl groups is 1. The van der Waals surface area contributed by atoms with Crippen LogP contribution < -0.4 is 21.7 Å². The van der Waals surface area contributed by atoms with Crippen molar-refractivity contribution in [2.75, 3.05) is 12.3 Å². The van der Waals surface area contributed by atoms with Crippen LogP contribution in [0.5, 0.6) is 5.88 Å². The van der Waals surface area contributed by atoms with Crippen LogP contribution in [-0.4, -0.2) is 45.3 Å². The van der Waals surface area contributed by atoms with Gasteiger partial charge in [-0.3, -0.25) is 9.63 Å². The van der Waals surface area contributed by atoms with Gasteiger partial charge >= 0.3 is 0 Å². The number of rotatable bonds is 8. The molecule has 2 aromatic rings. The third kappa shape index (κ3) is 5.21. The zero-order valence-electron chi connectivity index (χ0n) is 16.8. The minimum Gasteiger partial charge on any atom is -0.474 e. The van der Waals surface area contributed by atoms with Gasteiger partial charge in [-0.15, -0.1) is 0 Å². The normalized spacial score (nSPS) is 18.3. The van der Waals surface area contributed by atoms with Gasteiger partial charge in [0.1, 0.15) is 17.5 Å². The topological polar surface area (TPSA) is 169 Å². The maximum atomic E-state index is 11.9. The van der Waals surface area contributed by atoms with Crippen LogP contribution in [0, 0.1) is 11.3 Å². The average Bonchev–Trinajstić information content (AvgIpc) is 2.64. The molecule has 0 atom stereocenters. The van der Waals surface area contributed by atoms with E-state index >= 15 is 0 Å². The minimum atomic E-state index is -0.930. The Morgan fingerprint density at radius 3 is 2.77 bits per heavy atom. The molecule has 10 heteroatoms. The lowest BCUT2D eigenvalue weighted by Gasteiger charge is -2.35. The summed E-state index contributed by atoms with van der Waals surface area (Å²) in [4.78, 5) is 25.6. The number of nitriles is 1. The van der Waals surface area contributed by atoms with Gasteiger partial charge in [0.15, 0.2) is 5.82 Å². The summed E-state index contributed by atoms with van der Waals surface area (Å²) in [5.74, 6) is -0.643. The molecular formula is C20H24N6O4. The molecule has 1 saturated carbocycles. The van der Waals surface area contributed by atoms with Gasteiger partial charge in [0.25, 0.3) is 5.91 Å². The summed E-state index contributed by atoms with van der Waals surface area (Å²) in [7, 11) is 0. The van der Waals surface area contributed by atoms with E-state index in [1.54, 1.807) is 38.1 Å². The highest BCUT2D eigenvalue weighted by molar-refractivity contribution is 5.99. The van der Waals surface area contributed by atoms with E-state index < -0.39 is 11.5 Å². The number of carbonyl (C=O) groups is 1. The number of benzene rings is 1. The fourth-order valence-corrected chi connectivity index (χ4v) is 2.88. The van der Waals surface area contributed by atoms with Crippen LogP contribution in [0.1, 0.15) is 42.6 Å². The van der Waals surface area contributed by atoms with Crippen molar-refractivity contribution < 1.29 is 19.5 Å². The van der Waals surface area contributed by atoms with Crippen molar-refractivity contribution in [1.29, 1.82) is 5.26 Å². The Labute approximate surface area is 173 Å². The first-order valence-electron chi connectivity index (χ1n) is 9.40. The molecule has 30 heavy (non-hydrogen) atoms. The van der Waals surface area contributed by atoms with Gasteiger partial charge in [-0.1, -0.05) is 12.1 Å². The number of aromatic nitrogens is 2. The second kappa shape index (κ2) is 8.62. The Kier molecular flexibility index (Phi) is 6.17. The van der Waals surface area contributed by atoms with E-state index in [9.17, 15) is 9.90 Å². The monoisotopic (exact) mass is 412 g/mol. The number of hydrogen-bond donors (Lipinski definition) is 4. The summed E-state index contributed by atoms with van der Waals surface area (Å²) in [5, 5.41) is 18.7. The number of ether oxygens (including phenoxy) is 1. The summed E-state index contributed by atoms with van der Waals surface area (Å²) < 4.78 is 5.88. The number of nitrogens with one attached hydrogen (secondary N) is 1. The quantitative estimate of drug-likeness (QED) is 0.460. The molecule has 1 aliphatic rings. The highest BCUT2D eigenvalue weighted by Gasteiger charge is 2.33. The predicted molar refractivity (Wildman–Crippen MR) is 108 cm³/mol. The molecule has 0 saturated heterocycles. The van der Waals surface area contributed by atoms with Crippen molar-refractivity contribution in [3.63, 3.8) is 0 Å². The molecule has 0 radical (unpaired) electrons. The Balaban J connectivity index is 1.73. The average molecular weight is 412 g/mol. The molecule has 1 amide bonds. The van der Waals surface area contributed by atoms with Crippen molar-refractivity contribution in [2.45, 2.75) is 44.4 Å². The molecule has 158 valence electrons. The van der Waals surface area contributed by atoms with Crippen LogP contribution in [0.15, 0.2) is 24.3 Å². The fraction of sp³-hybridized carbons (Fsp3) is 0.400. The smallest absolute Gasteiger partial charge is 0.257 e. The van der Waals surface area contributed by atoms with E-state index in [-0.39, 0.29) is 41.8 Å². The van der Waals surface area contributed by atoms with E-state index in [0.717, 1.165) is 0 Å². The molecular weight excluding hydrogens is 388 g/mol. The lowest BCUT2D eigenvalue weighted by molar-refractivity contribution is -0.0932. The van der Waals surface area contributed by atoms with Gasteiger partial charge in [-0.2, -0.15) is 15.7 Å². The summed E-state index contributed by atoms with van der Waals surface area (Å²) in [6, 6.07) is 8.79. The van der Waals surface area contributed by atoms with E-state index in [4.69, 9.17) is 26.3 Å². The van der Waals surface area contributed by atoms with E-state index in [1.165, 1.54) is 0 Å². The van der Waals surface area contributed by atoms with E-state index in [1.807, 2.05) is 0 Å². The summed E-state index contributed by atoms with van der Waals surface area (Å²) in [5.41, 5.74) is 14.3. The van der Waals surface area contributed by atoms with Crippen LogP contribution in [0.25, 0.3) is 11.4 Å². The number of nitrogens with two attached hydrogens (primary N) is 2. The van der Waals surface area contributed by atoms with Gasteiger partial charge in [0, 0.05) is 24.4 Å². The molecule has 1 aliphatic carbocycles. The first kappa shape index (κ1) is 21.4. The second-order valence-corrected chi connectivity index (χ2v) is 7.80. The van der Waals surface area contributed by atoms with Crippen LogP contribution in [0.3, 0.4) is 0 Å². The van der Waals surface area contributed by atoms with Crippen molar-refractivity contribution in [3.8, 4) is 23.3 Å². The molecule has 10 nitrogen and oxygen atoms in total. The number of hydrogen-bond acceptors (Lipinski definition) is 9. The summed E-state index contributed by atoms with van der Waals surface area (Å²) in [6.45, 7) is 3.45. The first-order chi connectivity index (χ1) is 14.2. The minimum absolute atomic E-state index is 0.00761. The lowest BCUT2D eigenvalue weighted by atomic mass is 9.90. The largest absolute Gasteiger partial charge is 0.474 e. The molecule has 0 bridgehead atoms. The summed E-state index contributed by atoms with van der Waals surface area (Å²) >= 11 is 0. The molecule has 6 N–H and O–H groups in total. The Morgan fingerprint density at radius 2 is 2.13 bits per heavy atom. The van der Waals surface area contributed by atoms with Gasteiger partial charge in [0.2, 0.25) is 5.88 Å². The molecule has 0 aliphatic heterocycles. The highest BCUT2D eigenvalue weighted by Crippen LogP contribution is 2.31. The van der Waals surface area contributed by atoms with E-state index in [2.05, 4.69) is 21.5 Å². The number of nitrogen functional groups attached to an aromatic ring is 1. The first-order valence-corrected chi connectivity index (χ1v) is 9.40. The second-order valence-electron chi connectivity index (χ2n) is 7.80. The number of primary amides is 1. The van der Waals surface area contributed by atoms with Gasteiger partial charge < -0.3 is 21.3 Å². The standard InChI is InChI=1S/C20H24N6O4/c1-20(2,28)10-29-26-13-7-14(8-13)30-19-15(17(23)27)16(22)24-18(25-19)12-5-3-4-11(6-12)9-21/h3-6,13-14,26,28H,7-8,10H2,1-2H3,(H2,23,27)(H2,22,24,25). The molecule has 0 spiro atoms. The molecule has 0 unspecified atom stereocenters. The molecule has 3 rings (SSSR count). The number of nitrogens with zero attached hydrogens (tertiary/aromatic N) is 3. The molecule has 1 aromatic heterocycles. The Morgan fingerprint density at radius 1 is 1.40 bits per heavy atom. The van der Waals surface area contributed by atoms with Crippen LogP contribution in [0.4, 0.5) is 5.82 Å². The third-order valence-corrected chi connectivity index (χ3v) is 4.45. The zero-order chi connectivity index (χ0) is 21.9. The highest BCUT2D eigenvalue weighted by atomic mass is 16.7. The number of anilines is 1. The molecule has 1 aromatic carbocycles. The van der Waals surface area contributed by atoms with Crippen LogP contribution in [-0.2, 0) is 4.84 Å². The summed E-state index contributed by atoms with van der Waals surface area (Å²) in [6.07, 6.45) is 0.986. The fourth-order valence-electron chi connectivity index (χ4n) is 2.88. The van der Waals surface area contributed by atoms with Crippen LogP contribution in [0.2, 0.25) is 0 Å². The Hall–Kier alpha value is -3.26. The third-order valence-electron chi connectivity index (χ3n) is 4.45. The van der Waals surface area contributed by atoms with Crippen molar-refractivity contribution >= 4 is 11.7 Å². The maximum absolute atomic E-state index is 11.9. The van der Waals surface area contributed by atoms with Gasteiger partial charge in [-0.25, -0.2) is 4.98 Å². The van der Waals surface area contributed by atoms with Crippen LogP contribution >= 0.6 is 0 Å². The number of carbonyl (C=O) groups excluding carboxylic acids is 1. The lowest BCUT2D eigenvalue weighted by Crippen LogP contribution is -2.48. The van der Waals surface area contributed by atoms with Crippen molar-refractivity contribution in [1.82, 2.24) is 15.4 Å². The molecule has 1 fully saturated rings. The Bertz CT molecular complexity index is 976. The number of amides is 1. The van der Waals surface area contributed by atoms with Crippen molar-refractivity contribution in [3.05, 3.63) is 35.4 Å². The maximum Gasteiger partial charge on any atom is 0.257 e. The SMILES string of the molecule is CC(C)(O)CONC1CC(Oc2nc(-c3cccc(C#N)c3)nc(N)c2C(N)=O)C1. The molecule has 1 heterocycles. The van der Waals surface area contributed by atoms with Gasteiger partial charge in [-0.05, 0) is 26.0 Å².